The van der Waals surface area contributed by atoms with E-state index in [0.717, 1.165) is 12.8 Å². The molecule has 1 rings (SSSR count). The summed E-state index contributed by atoms with van der Waals surface area (Å²) in [7, 11) is 0. The molecular formula is C31H59NO11. The van der Waals surface area contributed by atoms with Crippen LogP contribution < -0.4 is 5.32 Å². The summed E-state index contributed by atoms with van der Waals surface area (Å²) in [6, 6.07) is -1.23. The zero-order valence-electron chi connectivity index (χ0n) is 26.4. The highest BCUT2D eigenvalue weighted by Crippen LogP contribution is 2.33. The van der Waals surface area contributed by atoms with Gasteiger partial charge in [0.25, 0.3) is 5.79 Å². The van der Waals surface area contributed by atoms with Crippen LogP contribution in [0, 0.1) is 0 Å². The maximum atomic E-state index is 12.1. The molecule has 0 saturated carbocycles. The van der Waals surface area contributed by atoms with Gasteiger partial charge in [0.05, 0.1) is 32.0 Å². The number of amides is 1. The highest BCUT2D eigenvalue weighted by atomic mass is 16.7. The predicted octanol–water partition coefficient (Wildman–Crippen LogP) is 3.01. The number of nitrogens with one attached hydrogen (secondary N) is 1. The topological polar surface area (TPSA) is 184 Å². The predicted molar refractivity (Wildman–Crippen MR) is 160 cm³/mol. The molecule has 12 heteroatoms. The van der Waals surface area contributed by atoms with Crippen molar-refractivity contribution in [3.05, 3.63) is 0 Å². The third kappa shape index (κ3) is 16.5. The molecule has 1 aliphatic heterocycles. The third-order valence-corrected chi connectivity index (χ3v) is 7.76. The van der Waals surface area contributed by atoms with Crippen LogP contribution in [-0.4, -0.2) is 107 Å². The molecule has 0 aromatic heterocycles. The number of unbranched alkanes of at least 4 members (excludes halogenated alkanes) is 13. The maximum Gasteiger partial charge on any atom is 0.364 e. The molecule has 1 saturated heterocycles. The van der Waals surface area contributed by atoms with Crippen LogP contribution >= 0.6 is 0 Å². The standard InChI is InChI=1S/C31H59NO11/c1-3-4-5-6-7-8-9-10-11-12-13-14-15-16-18-40-23-41-19-17-20-42-31(30(38)39)21-25(35)27(32-24(2)34)29(43-31)28(37)26(36)22-33/h25-29,33,35-37H,3-23H2,1-2H3,(H,32,34)(H,38,39)/t25?,26-,27?,28+,29?,31?/m1/s1. The van der Waals surface area contributed by atoms with E-state index in [9.17, 15) is 35.1 Å². The van der Waals surface area contributed by atoms with E-state index < -0.39 is 61.1 Å². The fraction of sp³-hybridized carbons (Fsp3) is 0.935. The number of carboxylic acid groups (broad SMARTS) is 1. The number of carboxylic acids is 1. The van der Waals surface area contributed by atoms with E-state index in [4.69, 9.17) is 18.9 Å². The van der Waals surface area contributed by atoms with E-state index in [2.05, 4.69) is 12.2 Å². The summed E-state index contributed by atoms with van der Waals surface area (Å²) in [5, 5.41) is 52.4. The Kier molecular flexibility index (Phi) is 22.1. The van der Waals surface area contributed by atoms with Crippen molar-refractivity contribution in [1.82, 2.24) is 5.32 Å². The van der Waals surface area contributed by atoms with Crippen LogP contribution in [-0.2, 0) is 28.5 Å². The number of carbonyl (C=O) groups excluding carboxylic acids is 1. The molecule has 6 atom stereocenters. The van der Waals surface area contributed by atoms with Crippen LogP contribution in [0.15, 0.2) is 0 Å². The largest absolute Gasteiger partial charge is 0.477 e. The lowest BCUT2D eigenvalue weighted by Crippen LogP contribution is -2.67. The van der Waals surface area contributed by atoms with Gasteiger partial charge < -0.3 is 49.8 Å². The van der Waals surface area contributed by atoms with Crippen molar-refractivity contribution in [3.8, 4) is 0 Å². The highest BCUT2D eigenvalue weighted by molar-refractivity contribution is 5.76. The van der Waals surface area contributed by atoms with E-state index in [1.807, 2.05) is 0 Å². The lowest BCUT2D eigenvalue weighted by atomic mass is 9.88. The second-order valence-electron chi connectivity index (χ2n) is 11.6. The minimum atomic E-state index is -2.33. The Hall–Kier alpha value is -1.38. The first-order valence-electron chi connectivity index (χ1n) is 16.3. The van der Waals surface area contributed by atoms with E-state index in [-0.39, 0.29) is 20.0 Å². The summed E-state index contributed by atoms with van der Waals surface area (Å²) < 4.78 is 22.0. The van der Waals surface area contributed by atoms with Crippen molar-refractivity contribution in [3.63, 3.8) is 0 Å². The highest BCUT2D eigenvalue weighted by Gasteiger charge is 2.55. The summed E-state index contributed by atoms with van der Waals surface area (Å²) in [5.41, 5.74) is 0. The first-order chi connectivity index (χ1) is 20.7. The molecule has 6 N–H and O–H groups in total. The van der Waals surface area contributed by atoms with Crippen molar-refractivity contribution < 1.29 is 54.1 Å². The van der Waals surface area contributed by atoms with Crippen LogP contribution in [0.25, 0.3) is 0 Å². The molecule has 4 unspecified atom stereocenters. The van der Waals surface area contributed by atoms with Crippen molar-refractivity contribution in [2.75, 3.05) is 33.2 Å². The third-order valence-electron chi connectivity index (χ3n) is 7.76. The Bertz CT molecular complexity index is 728. The van der Waals surface area contributed by atoms with E-state index in [1.165, 1.54) is 84.0 Å². The molecule has 0 bridgehead atoms. The van der Waals surface area contributed by atoms with Crippen molar-refractivity contribution >= 4 is 11.9 Å². The Morgan fingerprint density at radius 2 is 1.37 bits per heavy atom. The number of ether oxygens (including phenoxy) is 4. The fourth-order valence-corrected chi connectivity index (χ4v) is 5.25. The molecule has 0 spiro atoms. The molecule has 1 amide bonds. The lowest BCUT2D eigenvalue weighted by Gasteiger charge is -2.46. The maximum absolute atomic E-state index is 12.1. The Balaban J connectivity index is 2.18. The number of rotatable bonds is 27. The SMILES string of the molecule is CCCCCCCCCCCCCCCCOCOCCCOC1(C(=O)O)CC(O)C(NC(C)=O)C([C@@H](O)[C@H](O)CO)O1. The zero-order chi connectivity index (χ0) is 31.9. The van der Waals surface area contributed by atoms with E-state index >= 15 is 0 Å². The van der Waals surface area contributed by atoms with Crippen LogP contribution in [0.2, 0.25) is 0 Å². The quantitative estimate of drug-likeness (QED) is 0.0585. The summed E-state index contributed by atoms with van der Waals surface area (Å²) >= 11 is 0. The molecule has 12 nitrogen and oxygen atoms in total. The fourth-order valence-electron chi connectivity index (χ4n) is 5.25. The summed E-state index contributed by atoms with van der Waals surface area (Å²) in [4.78, 5) is 23.7. The number of hydrogen-bond donors (Lipinski definition) is 6. The van der Waals surface area contributed by atoms with Crippen LogP contribution in [0.1, 0.15) is 117 Å². The molecule has 254 valence electrons. The average molecular weight is 622 g/mol. The molecule has 0 aliphatic carbocycles. The van der Waals surface area contributed by atoms with Crippen molar-refractivity contribution in [1.29, 1.82) is 0 Å². The minimum absolute atomic E-state index is 0.103. The van der Waals surface area contributed by atoms with E-state index in [1.54, 1.807) is 0 Å². The van der Waals surface area contributed by atoms with E-state index in [0.29, 0.717) is 13.0 Å². The van der Waals surface area contributed by atoms with Gasteiger partial charge >= 0.3 is 5.97 Å². The second-order valence-corrected chi connectivity index (χ2v) is 11.6. The summed E-state index contributed by atoms with van der Waals surface area (Å²) in [6.07, 6.45) is 11.4. The molecule has 0 aromatic carbocycles. The van der Waals surface area contributed by atoms with Gasteiger partial charge in [0.15, 0.2) is 0 Å². The molecule has 1 fully saturated rings. The summed E-state index contributed by atoms with van der Waals surface area (Å²) in [5.74, 6) is -4.43. The molecule has 0 aromatic rings. The van der Waals surface area contributed by atoms with Gasteiger partial charge in [-0.25, -0.2) is 4.79 Å². The van der Waals surface area contributed by atoms with Gasteiger partial charge in [-0.15, -0.1) is 0 Å². The van der Waals surface area contributed by atoms with Gasteiger partial charge in [0.2, 0.25) is 5.91 Å². The molecule has 1 heterocycles. The average Bonchev–Trinajstić information content (AvgIpc) is 2.98. The number of aliphatic hydroxyl groups is 4. The minimum Gasteiger partial charge on any atom is -0.477 e. The molecular weight excluding hydrogens is 562 g/mol. The van der Waals surface area contributed by atoms with Gasteiger partial charge in [0, 0.05) is 20.0 Å². The van der Waals surface area contributed by atoms with Crippen LogP contribution in [0.5, 0.6) is 0 Å². The Morgan fingerprint density at radius 1 is 0.860 bits per heavy atom. The number of aliphatic carboxylic acids is 1. The number of hydrogen-bond acceptors (Lipinski definition) is 10. The Labute approximate surface area is 257 Å². The van der Waals surface area contributed by atoms with Crippen molar-refractivity contribution in [2.45, 2.75) is 153 Å². The normalized spacial score (nSPS) is 23.6. The first-order valence-corrected chi connectivity index (χ1v) is 16.3. The van der Waals surface area contributed by atoms with Gasteiger partial charge in [-0.1, -0.05) is 90.4 Å². The lowest BCUT2D eigenvalue weighted by molar-refractivity contribution is -0.311. The summed E-state index contributed by atoms with van der Waals surface area (Å²) in [6.45, 7) is 3.45. The molecule has 43 heavy (non-hydrogen) atoms. The first kappa shape index (κ1) is 39.6. The van der Waals surface area contributed by atoms with Crippen LogP contribution in [0.3, 0.4) is 0 Å². The zero-order valence-corrected chi connectivity index (χ0v) is 26.4. The van der Waals surface area contributed by atoms with Gasteiger partial charge in [-0.3, -0.25) is 4.79 Å². The monoisotopic (exact) mass is 621 g/mol. The number of carbonyl (C=O) groups is 2. The smallest absolute Gasteiger partial charge is 0.364 e. The van der Waals surface area contributed by atoms with Gasteiger partial charge in [-0.05, 0) is 12.8 Å². The number of aliphatic hydroxyl groups excluding tert-OH is 4. The van der Waals surface area contributed by atoms with Gasteiger partial charge in [0.1, 0.15) is 25.1 Å². The Morgan fingerprint density at radius 3 is 1.86 bits per heavy atom. The van der Waals surface area contributed by atoms with Crippen LogP contribution in [0.4, 0.5) is 0 Å². The van der Waals surface area contributed by atoms with Gasteiger partial charge in [-0.2, -0.15) is 0 Å². The second kappa shape index (κ2) is 23.9. The van der Waals surface area contributed by atoms with Crippen molar-refractivity contribution in [2.24, 2.45) is 0 Å². The molecule has 0 radical (unpaired) electrons. The molecule has 1 aliphatic rings.